The minimum atomic E-state index is -0.414. The molecule has 12 nitrogen and oxygen atoms in total. The van der Waals surface area contributed by atoms with E-state index in [9.17, 15) is 4.79 Å². The van der Waals surface area contributed by atoms with Crippen molar-refractivity contribution in [1.29, 1.82) is 0 Å². The SMILES string of the molecule is CCc1nnc(-c2cnc(-c3ccccc3)nc2N(C)C)o1.CN(C)c1nc(-c2ccccc2)ncc1C(=O)NN. The molecule has 0 aliphatic rings. The van der Waals surface area contributed by atoms with Gasteiger partial charge in [-0.1, -0.05) is 67.6 Å². The van der Waals surface area contributed by atoms with Crippen LogP contribution in [0.15, 0.2) is 77.5 Å². The van der Waals surface area contributed by atoms with Gasteiger partial charge in [-0.2, -0.15) is 0 Å². The number of benzene rings is 2. The lowest BCUT2D eigenvalue weighted by Gasteiger charge is -2.15. The topological polar surface area (TPSA) is 152 Å². The molecule has 0 saturated carbocycles. The summed E-state index contributed by atoms with van der Waals surface area (Å²) in [6.45, 7) is 1.97. The largest absolute Gasteiger partial charge is 0.421 e. The molecule has 0 unspecified atom stereocenters. The third kappa shape index (κ3) is 6.86. The Bertz CT molecular complexity index is 1590. The number of nitrogen functional groups attached to an aromatic ring is 1. The number of hydrazine groups is 1. The molecule has 12 heteroatoms. The molecule has 210 valence electrons. The van der Waals surface area contributed by atoms with Crippen LogP contribution in [0, 0.1) is 0 Å². The second kappa shape index (κ2) is 13.2. The zero-order valence-corrected chi connectivity index (χ0v) is 23.6. The van der Waals surface area contributed by atoms with Gasteiger partial charge in [-0.25, -0.2) is 25.8 Å². The van der Waals surface area contributed by atoms with E-state index < -0.39 is 5.91 Å². The summed E-state index contributed by atoms with van der Waals surface area (Å²) in [6.07, 6.45) is 3.91. The van der Waals surface area contributed by atoms with Crippen LogP contribution in [0.4, 0.5) is 11.6 Å². The van der Waals surface area contributed by atoms with Crippen LogP contribution >= 0.6 is 0 Å². The molecule has 0 aliphatic heterocycles. The molecule has 0 bridgehead atoms. The fraction of sp³-hybridized carbons (Fsp3) is 0.207. The van der Waals surface area contributed by atoms with Gasteiger partial charge in [0.25, 0.3) is 11.8 Å². The summed E-state index contributed by atoms with van der Waals surface area (Å²) in [5, 5.41) is 8.08. The number of nitrogens with one attached hydrogen (secondary N) is 1. The summed E-state index contributed by atoms with van der Waals surface area (Å²) in [4.78, 5) is 33.0. The highest BCUT2D eigenvalue weighted by atomic mass is 16.4. The van der Waals surface area contributed by atoms with Gasteiger partial charge >= 0.3 is 0 Å². The van der Waals surface area contributed by atoms with Gasteiger partial charge in [-0.3, -0.25) is 10.2 Å². The Labute approximate surface area is 238 Å². The first-order valence-corrected chi connectivity index (χ1v) is 12.9. The molecule has 0 fully saturated rings. The molecule has 41 heavy (non-hydrogen) atoms. The predicted octanol–water partition coefficient (Wildman–Crippen LogP) is 3.64. The van der Waals surface area contributed by atoms with Gasteiger partial charge in [-0.05, 0) is 0 Å². The highest BCUT2D eigenvalue weighted by Gasteiger charge is 2.18. The van der Waals surface area contributed by atoms with Crippen LogP contribution in [0.1, 0.15) is 23.2 Å². The molecule has 0 radical (unpaired) electrons. The molecule has 3 heterocycles. The number of aryl methyl sites for hydroxylation is 1. The predicted molar refractivity (Wildman–Crippen MR) is 158 cm³/mol. The van der Waals surface area contributed by atoms with Gasteiger partial charge in [-0.15, -0.1) is 10.2 Å². The maximum absolute atomic E-state index is 11.6. The number of amides is 1. The van der Waals surface area contributed by atoms with Gasteiger partial charge in [0.1, 0.15) is 17.2 Å². The lowest BCUT2D eigenvalue weighted by Crippen LogP contribution is -2.32. The summed E-state index contributed by atoms with van der Waals surface area (Å²) in [5.41, 5.74) is 5.03. The van der Waals surface area contributed by atoms with Crippen molar-refractivity contribution in [3.8, 4) is 34.2 Å². The second-order valence-electron chi connectivity index (χ2n) is 9.21. The van der Waals surface area contributed by atoms with Crippen LogP contribution in [0.2, 0.25) is 0 Å². The van der Waals surface area contributed by atoms with Crippen LogP contribution < -0.4 is 21.1 Å². The Morgan fingerprint density at radius 1 is 0.805 bits per heavy atom. The van der Waals surface area contributed by atoms with Crippen LogP contribution in [-0.2, 0) is 6.42 Å². The van der Waals surface area contributed by atoms with E-state index in [1.54, 1.807) is 11.1 Å². The number of anilines is 2. The number of carbonyl (C=O) groups is 1. The molecule has 5 aromatic rings. The quantitative estimate of drug-likeness (QED) is 0.173. The van der Waals surface area contributed by atoms with E-state index in [4.69, 9.17) is 10.3 Å². The van der Waals surface area contributed by atoms with E-state index >= 15 is 0 Å². The Hall–Kier alpha value is -5.23. The van der Waals surface area contributed by atoms with Crippen LogP contribution in [0.5, 0.6) is 0 Å². The number of aromatic nitrogens is 6. The summed E-state index contributed by atoms with van der Waals surface area (Å²) in [5.74, 6) is 8.30. The number of hydrogen-bond donors (Lipinski definition) is 2. The lowest BCUT2D eigenvalue weighted by atomic mass is 10.2. The van der Waals surface area contributed by atoms with Crippen molar-refractivity contribution in [2.24, 2.45) is 5.84 Å². The smallest absolute Gasteiger partial charge is 0.270 e. The van der Waals surface area contributed by atoms with Crippen LogP contribution in [0.3, 0.4) is 0 Å². The Kier molecular flexibility index (Phi) is 9.28. The first kappa shape index (κ1) is 28.8. The minimum Gasteiger partial charge on any atom is -0.421 e. The highest BCUT2D eigenvalue weighted by molar-refractivity contribution is 5.98. The van der Waals surface area contributed by atoms with Gasteiger partial charge in [0.15, 0.2) is 11.6 Å². The van der Waals surface area contributed by atoms with E-state index in [2.05, 4.69) is 35.6 Å². The summed E-state index contributed by atoms with van der Waals surface area (Å²) in [6, 6.07) is 19.4. The molecule has 2 aromatic carbocycles. The van der Waals surface area contributed by atoms with Crippen LogP contribution in [-0.4, -0.2) is 64.2 Å². The van der Waals surface area contributed by atoms with E-state index in [0.29, 0.717) is 41.2 Å². The molecule has 0 saturated heterocycles. The Balaban J connectivity index is 0.000000191. The van der Waals surface area contributed by atoms with E-state index in [0.717, 1.165) is 22.5 Å². The minimum absolute atomic E-state index is 0.340. The van der Waals surface area contributed by atoms with Crippen molar-refractivity contribution < 1.29 is 9.21 Å². The average Bonchev–Trinajstić information content (AvgIpc) is 3.50. The molecule has 5 rings (SSSR count). The zero-order valence-electron chi connectivity index (χ0n) is 23.6. The van der Waals surface area contributed by atoms with Gasteiger partial charge < -0.3 is 14.2 Å². The van der Waals surface area contributed by atoms with Crippen molar-refractivity contribution in [1.82, 2.24) is 35.6 Å². The second-order valence-corrected chi connectivity index (χ2v) is 9.21. The van der Waals surface area contributed by atoms with Crippen molar-refractivity contribution in [2.45, 2.75) is 13.3 Å². The average molecular weight is 553 g/mol. The molecule has 0 aliphatic carbocycles. The standard InChI is InChI=1S/C16H17N5O.C13H15N5O/c1-4-13-19-20-16(22-13)12-10-17-14(18-15(12)21(2)3)11-8-6-5-7-9-11;1-18(2)12-10(13(19)17-14)8-15-11(16-12)9-6-4-3-5-7-9/h5-10H,4H2,1-3H3;3-8H,14H2,1-2H3,(H,17,19). The fourth-order valence-corrected chi connectivity index (χ4v) is 3.77. The van der Waals surface area contributed by atoms with Crippen molar-refractivity contribution in [3.63, 3.8) is 0 Å². The first-order chi connectivity index (χ1) is 19.8. The highest BCUT2D eigenvalue weighted by Crippen LogP contribution is 2.29. The summed E-state index contributed by atoms with van der Waals surface area (Å²) < 4.78 is 5.63. The molecule has 0 spiro atoms. The number of carbonyl (C=O) groups excluding carboxylic acids is 1. The van der Waals surface area contributed by atoms with Crippen molar-refractivity contribution >= 4 is 17.5 Å². The van der Waals surface area contributed by atoms with Crippen molar-refractivity contribution in [2.75, 3.05) is 38.0 Å². The third-order valence-corrected chi connectivity index (χ3v) is 5.82. The van der Waals surface area contributed by atoms with Gasteiger partial charge in [0.2, 0.25) is 5.89 Å². The molecule has 3 N–H and O–H groups in total. The van der Waals surface area contributed by atoms with Crippen molar-refractivity contribution in [3.05, 3.63) is 84.5 Å². The Morgan fingerprint density at radius 2 is 1.34 bits per heavy atom. The third-order valence-electron chi connectivity index (χ3n) is 5.82. The molecule has 1 amide bonds. The van der Waals surface area contributed by atoms with Gasteiger partial charge in [0, 0.05) is 58.1 Å². The number of rotatable bonds is 7. The normalized spacial score (nSPS) is 10.4. The zero-order chi connectivity index (χ0) is 29.4. The molecule has 0 atom stereocenters. The summed E-state index contributed by atoms with van der Waals surface area (Å²) in [7, 11) is 7.48. The fourth-order valence-electron chi connectivity index (χ4n) is 3.77. The van der Waals surface area contributed by atoms with E-state index in [1.807, 2.05) is 101 Å². The lowest BCUT2D eigenvalue weighted by molar-refractivity contribution is 0.0953. The van der Waals surface area contributed by atoms with E-state index in [-0.39, 0.29) is 0 Å². The number of hydrogen-bond acceptors (Lipinski definition) is 11. The molecular weight excluding hydrogens is 520 g/mol. The van der Waals surface area contributed by atoms with Crippen LogP contribution in [0.25, 0.3) is 34.2 Å². The maximum atomic E-state index is 11.6. The summed E-state index contributed by atoms with van der Waals surface area (Å²) >= 11 is 0. The first-order valence-electron chi connectivity index (χ1n) is 12.9. The van der Waals surface area contributed by atoms with Gasteiger partial charge in [0.05, 0.1) is 5.56 Å². The van der Waals surface area contributed by atoms with E-state index in [1.165, 1.54) is 6.20 Å². The number of nitrogens with two attached hydrogens (primary N) is 1. The maximum Gasteiger partial charge on any atom is 0.270 e. The monoisotopic (exact) mass is 552 g/mol. The molecular formula is C29H32N10O2. The Morgan fingerprint density at radius 3 is 1.83 bits per heavy atom. The molecule has 3 aromatic heterocycles. The number of nitrogens with zero attached hydrogens (tertiary/aromatic N) is 8.